The Balaban J connectivity index is 1.37. The SMILES string of the molecule is CC(CNCc1ccco1)N(C)CC1CC2CCC1C2. The number of likely N-dealkylation sites (N-methyl/N-ethyl adjacent to an activating group) is 1. The van der Waals surface area contributed by atoms with Crippen molar-refractivity contribution in [1.82, 2.24) is 10.2 Å². The van der Waals surface area contributed by atoms with Gasteiger partial charge < -0.3 is 14.6 Å². The topological polar surface area (TPSA) is 28.4 Å². The quantitative estimate of drug-likeness (QED) is 0.829. The highest BCUT2D eigenvalue weighted by molar-refractivity contribution is 4.97. The third-order valence-electron chi connectivity index (χ3n) is 5.48. The number of nitrogens with one attached hydrogen (secondary N) is 1. The Labute approximate surface area is 122 Å². The van der Waals surface area contributed by atoms with Crippen LogP contribution in [0.4, 0.5) is 0 Å². The first-order chi connectivity index (χ1) is 9.72. The molecule has 3 rings (SSSR count). The molecule has 1 heterocycles. The molecule has 0 spiro atoms. The fraction of sp³-hybridized carbons (Fsp3) is 0.765. The van der Waals surface area contributed by atoms with E-state index in [-0.39, 0.29) is 0 Å². The zero-order chi connectivity index (χ0) is 13.9. The van der Waals surface area contributed by atoms with Gasteiger partial charge in [0.1, 0.15) is 5.76 Å². The van der Waals surface area contributed by atoms with Gasteiger partial charge in [0.25, 0.3) is 0 Å². The van der Waals surface area contributed by atoms with Crippen LogP contribution in [0.15, 0.2) is 22.8 Å². The summed E-state index contributed by atoms with van der Waals surface area (Å²) in [6, 6.07) is 4.56. The van der Waals surface area contributed by atoms with Gasteiger partial charge in [0.2, 0.25) is 0 Å². The first-order valence-electron chi connectivity index (χ1n) is 8.15. The smallest absolute Gasteiger partial charge is 0.117 e. The first kappa shape index (κ1) is 14.2. The van der Waals surface area contributed by atoms with Crippen molar-refractivity contribution in [3.63, 3.8) is 0 Å². The highest BCUT2D eigenvalue weighted by Crippen LogP contribution is 2.48. The summed E-state index contributed by atoms with van der Waals surface area (Å²) in [6.07, 6.45) is 7.74. The second-order valence-electron chi connectivity index (χ2n) is 6.93. The van der Waals surface area contributed by atoms with E-state index in [4.69, 9.17) is 4.42 Å². The van der Waals surface area contributed by atoms with Crippen molar-refractivity contribution < 1.29 is 4.42 Å². The Bertz CT molecular complexity index is 403. The highest BCUT2D eigenvalue weighted by Gasteiger charge is 2.39. The van der Waals surface area contributed by atoms with E-state index < -0.39 is 0 Å². The fourth-order valence-electron chi connectivity index (χ4n) is 4.12. The van der Waals surface area contributed by atoms with Gasteiger partial charge in [-0.3, -0.25) is 0 Å². The van der Waals surface area contributed by atoms with Crippen LogP contribution in [0.3, 0.4) is 0 Å². The Morgan fingerprint density at radius 2 is 2.30 bits per heavy atom. The molecule has 0 aromatic carbocycles. The fourth-order valence-corrected chi connectivity index (χ4v) is 4.12. The lowest BCUT2D eigenvalue weighted by molar-refractivity contribution is 0.178. The monoisotopic (exact) mass is 276 g/mol. The normalized spacial score (nSPS) is 30.2. The standard InChI is InChI=1S/C17H28N2O/c1-13(10-18-11-17-4-3-7-20-17)19(2)12-16-9-14-5-6-15(16)8-14/h3-4,7,13-16,18H,5-6,8-12H2,1-2H3. The van der Waals surface area contributed by atoms with Crippen LogP contribution in [-0.4, -0.2) is 31.1 Å². The average molecular weight is 276 g/mol. The molecule has 2 aliphatic carbocycles. The second kappa shape index (κ2) is 6.31. The molecular formula is C17H28N2O. The van der Waals surface area contributed by atoms with Crippen LogP contribution >= 0.6 is 0 Å². The third-order valence-corrected chi connectivity index (χ3v) is 5.48. The van der Waals surface area contributed by atoms with Crippen LogP contribution in [0.1, 0.15) is 38.4 Å². The van der Waals surface area contributed by atoms with E-state index in [0.29, 0.717) is 6.04 Å². The first-order valence-corrected chi connectivity index (χ1v) is 8.15. The lowest BCUT2D eigenvalue weighted by atomic mass is 9.88. The summed E-state index contributed by atoms with van der Waals surface area (Å²) in [5, 5.41) is 3.49. The van der Waals surface area contributed by atoms with Crippen molar-refractivity contribution in [1.29, 1.82) is 0 Å². The van der Waals surface area contributed by atoms with Gasteiger partial charge >= 0.3 is 0 Å². The highest BCUT2D eigenvalue weighted by atomic mass is 16.3. The minimum absolute atomic E-state index is 0.587. The van der Waals surface area contributed by atoms with Crippen molar-refractivity contribution in [3.05, 3.63) is 24.2 Å². The number of rotatable bonds is 7. The van der Waals surface area contributed by atoms with Gasteiger partial charge in [0.15, 0.2) is 0 Å². The number of furan rings is 1. The second-order valence-corrected chi connectivity index (χ2v) is 6.93. The summed E-state index contributed by atoms with van der Waals surface area (Å²) in [4.78, 5) is 2.54. The van der Waals surface area contributed by atoms with E-state index in [9.17, 15) is 0 Å². The zero-order valence-corrected chi connectivity index (χ0v) is 12.8. The molecule has 1 N–H and O–H groups in total. The van der Waals surface area contributed by atoms with Crippen molar-refractivity contribution in [2.75, 3.05) is 20.1 Å². The molecule has 3 heteroatoms. The van der Waals surface area contributed by atoms with Gasteiger partial charge in [-0.25, -0.2) is 0 Å². The van der Waals surface area contributed by atoms with E-state index in [1.807, 2.05) is 12.1 Å². The molecule has 4 atom stereocenters. The lowest BCUT2D eigenvalue weighted by Gasteiger charge is -2.31. The molecule has 3 nitrogen and oxygen atoms in total. The van der Waals surface area contributed by atoms with Crippen LogP contribution in [0.5, 0.6) is 0 Å². The predicted octanol–water partition coefficient (Wildman–Crippen LogP) is 3.13. The number of hydrogen-bond donors (Lipinski definition) is 1. The molecule has 0 amide bonds. The molecule has 2 fully saturated rings. The van der Waals surface area contributed by atoms with Gasteiger partial charge in [0, 0.05) is 19.1 Å². The minimum atomic E-state index is 0.587. The summed E-state index contributed by atoms with van der Waals surface area (Å²) in [7, 11) is 2.28. The molecule has 0 aliphatic heterocycles. The van der Waals surface area contributed by atoms with Gasteiger partial charge in [-0.2, -0.15) is 0 Å². The van der Waals surface area contributed by atoms with E-state index in [1.54, 1.807) is 6.26 Å². The van der Waals surface area contributed by atoms with Crippen molar-refractivity contribution in [2.24, 2.45) is 17.8 Å². The Morgan fingerprint density at radius 3 is 2.95 bits per heavy atom. The van der Waals surface area contributed by atoms with Crippen molar-refractivity contribution in [2.45, 2.75) is 45.2 Å². The molecule has 2 bridgehead atoms. The minimum Gasteiger partial charge on any atom is -0.468 e. The third kappa shape index (κ3) is 3.26. The lowest BCUT2D eigenvalue weighted by Crippen LogP contribution is -2.41. The predicted molar refractivity (Wildman–Crippen MR) is 81.4 cm³/mol. The largest absolute Gasteiger partial charge is 0.468 e. The van der Waals surface area contributed by atoms with Crippen molar-refractivity contribution in [3.8, 4) is 0 Å². The van der Waals surface area contributed by atoms with Gasteiger partial charge in [-0.15, -0.1) is 0 Å². The van der Waals surface area contributed by atoms with E-state index in [0.717, 1.165) is 36.6 Å². The number of hydrogen-bond acceptors (Lipinski definition) is 3. The molecule has 1 aromatic rings. The van der Waals surface area contributed by atoms with Crippen molar-refractivity contribution >= 4 is 0 Å². The average Bonchev–Trinajstić information content (AvgIpc) is 3.15. The number of nitrogens with zero attached hydrogens (tertiary/aromatic N) is 1. The van der Waals surface area contributed by atoms with Crippen LogP contribution < -0.4 is 5.32 Å². The summed E-state index contributed by atoms with van der Waals surface area (Å²) >= 11 is 0. The van der Waals surface area contributed by atoms with Gasteiger partial charge in [-0.1, -0.05) is 6.42 Å². The summed E-state index contributed by atoms with van der Waals surface area (Å²) in [6.45, 7) is 5.46. The molecule has 112 valence electrons. The maximum Gasteiger partial charge on any atom is 0.117 e. The van der Waals surface area contributed by atoms with E-state index in [1.165, 1.54) is 32.2 Å². The van der Waals surface area contributed by atoms with Gasteiger partial charge in [-0.05, 0) is 63.1 Å². The maximum absolute atomic E-state index is 5.34. The Hall–Kier alpha value is -0.800. The molecule has 2 saturated carbocycles. The van der Waals surface area contributed by atoms with Gasteiger partial charge in [0.05, 0.1) is 12.8 Å². The van der Waals surface area contributed by atoms with E-state index >= 15 is 0 Å². The van der Waals surface area contributed by atoms with Crippen LogP contribution in [0.25, 0.3) is 0 Å². The van der Waals surface area contributed by atoms with Crippen LogP contribution in [0.2, 0.25) is 0 Å². The molecule has 4 unspecified atom stereocenters. The van der Waals surface area contributed by atoms with Crippen LogP contribution in [-0.2, 0) is 6.54 Å². The zero-order valence-electron chi connectivity index (χ0n) is 12.8. The summed E-state index contributed by atoms with van der Waals surface area (Å²) in [5.41, 5.74) is 0. The molecule has 0 saturated heterocycles. The van der Waals surface area contributed by atoms with Crippen LogP contribution in [0, 0.1) is 17.8 Å². The molecule has 0 radical (unpaired) electrons. The molecule has 2 aliphatic rings. The Kier molecular flexibility index (Phi) is 4.47. The molecular weight excluding hydrogens is 248 g/mol. The molecule has 20 heavy (non-hydrogen) atoms. The maximum atomic E-state index is 5.34. The van der Waals surface area contributed by atoms with E-state index in [2.05, 4.69) is 24.2 Å². The summed E-state index contributed by atoms with van der Waals surface area (Å²) < 4.78 is 5.34. The number of fused-ring (bicyclic) bond motifs is 2. The summed E-state index contributed by atoms with van der Waals surface area (Å²) in [5.74, 6) is 4.08. The Morgan fingerprint density at radius 1 is 1.40 bits per heavy atom. The molecule has 1 aromatic heterocycles.